The third kappa shape index (κ3) is 5.07. The Labute approximate surface area is 190 Å². The van der Waals surface area contributed by atoms with E-state index in [1.54, 1.807) is 26.1 Å². The second kappa shape index (κ2) is 10.3. The average molecular weight is 467 g/mol. The molecular formula is C22H35N4O5P. The van der Waals surface area contributed by atoms with Gasteiger partial charge in [-0.25, -0.2) is 9.46 Å². The first kappa shape index (κ1) is 23.8. The SMILES string of the molecule is CC[C@H]1O[C@@H](n2ccc(NC(=O)C(C)C)nc2=O)CC1O[P@]1O[C@@H]2CCCCC[C@H]2N1C. The molecule has 0 radical (unpaired) electrons. The molecule has 1 N–H and O–H groups in total. The second-order valence-electron chi connectivity index (χ2n) is 9.22. The van der Waals surface area contributed by atoms with Crippen molar-refractivity contribution in [3.63, 3.8) is 0 Å². The highest BCUT2D eigenvalue weighted by Crippen LogP contribution is 2.56. The van der Waals surface area contributed by atoms with E-state index in [2.05, 4.69) is 28.9 Å². The van der Waals surface area contributed by atoms with Gasteiger partial charge in [0.15, 0.2) is 0 Å². The van der Waals surface area contributed by atoms with Gasteiger partial charge in [0.1, 0.15) is 12.0 Å². The molecule has 6 atom stereocenters. The lowest BCUT2D eigenvalue weighted by Gasteiger charge is -2.25. The number of anilines is 1. The molecule has 1 aromatic heterocycles. The number of likely N-dealkylation sites (N-methyl/N-ethyl adjacent to an activating group) is 1. The molecule has 0 bridgehead atoms. The zero-order valence-electron chi connectivity index (χ0n) is 19.4. The fourth-order valence-electron chi connectivity index (χ4n) is 4.65. The van der Waals surface area contributed by atoms with Gasteiger partial charge < -0.3 is 19.1 Å². The van der Waals surface area contributed by atoms with Crippen molar-refractivity contribution >= 4 is 20.3 Å². The number of carbonyl (C=O) groups excluding carboxylic acids is 1. The fraction of sp³-hybridized carbons (Fsp3) is 0.773. The van der Waals surface area contributed by atoms with Crippen molar-refractivity contribution in [2.24, 2.45) is 5.92 Å². The van der Waals surface area contributed by atoms with Gasteiger partial charge in [0, 0.05) is 24.6 Å². The Balaban J connectivity index is 1.42. The van der Waals surface area contributed by atoms with Crippen molar-refractivity contribution in [2.45, 2.75) is 96.3 Å². The third-order valence-corrected chi connectivity index (χ3v) is 8.32. The molecule has 3 aliphatic rings. The Hall–Kier alpha value is -1.38. The monoisotopic (exact) mass is 466 g/mol. The van der Waals surface area contributed by atoms with Crippen LogP contribution >= 0.6 is 8.53 Å². The Morgan fingerprint density at radius 2 is 2.12 bits per heavy atom. The Morgan fingerprint density at radius 1 is 1.34 bits per heavy atom. The summed E-state index contributed by atoms with van der Waals surface area (Å²) in [5.74, 6) is -0.108. The second-order valence-corrected chi connectivity index (χ2v) is 10.8. The predicted octanol–water partition coefficient (Wildman–Crippen LogP) is 3.81. The smallest absolute Gasteiger partial charge is 0.351 e. The van der Waals surface area contributed by atoms with Crippen LogP contribution in [-0.4, -0.2) is 51.5 Å². The Kier molecular flexibility index (Phi) is 7.62. The highest BCUT2D eigenvalue weighted by atomic mass is 31.2. The molecule has 10 heteroatoms. The summed E-state index contributed by atoms with van der Waals surface area (Å²) in [6.45, 7) is 5.64. The van der Waals surface area contributed by atoms with Crippen LogP contribution in [0.4, 0.5) is 5.82 Å². The van der Waals surface area contributed by atoms with Crippen molar-refractivity contribution in [3.8, 4) is 0 Å². The van der Waals surface area contributed by atoms with Crippen molar-refractivity contribution in [2.75, 3.05) is 12.4 Å². The Morgan fingerprint density at radius 3 is 2.84 bits per heavy atom. The van der Waals surface area contributed by atoms with Crippen molar-refractivity contribution in [1.29, 1.82) is 0 Å². The average Bonchev–Trinajstić information content (AvgIpc) is 3.19. The number of fused-ring (bicyclic) bond motifs is 1. The minimum atomic E-state index is -1.13. The molecule has 2 saturated heterocycles. The summed E-state index contributed by atoms with van der Waals surface area (Å²) in [4.78, 5) is 28.5. The van der Waals surface area contributed by atoms with Crippen LogP contribution in [0.25, 0.3) is 0 Å². The van der Waals surface area contributed by atoms with E-state index in [4.69, 9.17) is 13.8 Å². The van der Waals surface area contributed by atoms with E-state index in [9.17, 15) is 9.59 Å². The summed E-state index contributed by atoms with van der Waals surface area (Å²) in [7, 11) is 0.980. The van der Waals surface area contributed by atoms with Gasteiger partial charge in [-0.3, -0.25) is 9.36 Å². The molecule has 1 amide bonds. The lowest BCUT2D eigenvalue weighted by molar-refractivity contribution is -0.118. The summed E-state index contributed by atoms with van der Waals surface area (Å²) in [5.41, 5.74) is -0.450. The highest BCUT2D eigenvalue weighted by Gasteiger charge is 2.46. The number of amides is 1. The van der Waals surface area contributed by atoms with Crippen LogP contribution < -0.4 is 11.0 Å². The number of aromatic nitrogens is 2. The van der Waals surface area contributed by atoms with E-state index in [1.165, 1.54) is 23.8 Å². The van der Waals surface area contributed by atoms with E-state index in [-0.39, 0.29) is 36.0 Å². The maximum Gasteiger partial charge on any atom is 0.351 e. The van der Waals surface area contributed by atoms with Crippen LogP contribution in [0.15, 0.2) is 17.1 Å². The molecule has 0 spiro atoms. The largest absolute Gasteiger partial charge is 0.352 e. The number of nitrogens with zero attached hydrogens (tertiary/aromatic N) is 3. The van der Waals surface area contributed by atoms with Gasteiger partial charge in [-0.05, 0) is 32.4 Å². The number of nitrogens with one attached hydrogen (secondary N) is 1. The van der Waals surface area contributed by atoms with Crippen LogP contribution in [0, 0.1) is 5.92 Å². The lowest BCUT2D eigenvalue weighted by atomic mass is 10.1. The van der Waals surface area contributed by atoms with Gasteiger partial charge >= 0.3 is 5.69 Å². The molecule has 4 rings (SSSR count). The predicted molar refractivity (Wildman–Crippen MR) is 122 cm³/mol. The van der Waals surface area contributed by atoms with Gasteiger partial charge in [0.2, 0.25) is 5.91 Å². The van der Waals surface area contributed by atoms with Gasteiger partial charge in [-0.2, -0.15) is 4.98 Å². The standard InChI is InChI=1S/C22H35N4O5P/c1-5-16-18(31-32-25(4)15-9-7-6-8-10-17(15)30-32)13-20(29-16)26-12-11-19(24-22(26)28)23-21(27)14(2)3/h11-12,14-18,20H,5-10,13H2,1-4H3,(H,23,24,27,28)/t15-,16-,17-,18?,20-,32+/m1/s1. The quantitative estimate of drug-likeness (QED) is 0.637. The van der Waals surface area contributed by atoms with Crippen LogP contribution in [0.1, 0.15) is 71.9 Å². The van der Waals surface area contributed by atoms with Crippen molar-refractivity contribution in [3.05, 3.63) is 22.7 Å². The molecule has 3 heterocycles. The van der Waals surface area contributed by atoms with E-state index >= 15 is 0 Å². The minimum absolute atomic E-state index is 0.114. The minimum Gasteiger partial charge on any atom is -0.352 e. The molecule has 1 aliphatic carbocycles. The zero-order valence-corrected chi connectivity index (χ0v) is 20.3. The molecule has 9 nitrogen and oxygen atoms in total. The molecule has 1 saturated carbocycles. The first-order valence-corrected chi connectivity index (χ1v) is 12.9. The summed E-state index contributed by atoms with van der Waals surface area (Å²) in [5, 5.41) is 2.66. The first-order valence-electron chi connectivity index (χ1n) is 11.8. The van der Waals surface area contributed by atoms with E-state index < -0.39 is 20.4 Å². The number of hydrogen-bond acceptors (Lipinski definition) is 7. The molecular weight excluding hydrogens is 431 g/mol. The van der Waals surface area contributed by atoms with E-state index in [0.717, 1.165) is 19.3 Å². The third-order valence-electron chi connectivity index (χ3n) is 6.61. The van der Waals surface area contributed by atoms with Gasteiger partial charge in [0.25, 0.3) is 8.53 Å². The Bertz CT molecular complexity index is 865. The molecule has 1 unspecified atom stereocenters. The summed E-state index contributed by atoms with van der Waals surface area (Å²) in [6.07, 6.45) is 8.51. The topological polar surface area (TPSA) is 94.9 Å². The number of carbonyl (C=O) groups is 1. The van der Waals surface area contributed by atoms with Crippen molar-refractivity contribution < 1.29 is 18.6 Å². The van der Waals surface area contributed by atoms with Crippen LogP contribution in [0.2, 0.25) is 0 Å². The van der Waals surface area contributed by atoms with Crippen molar-refractivity contribution in [1.82, 2.24) is 14.2 Å². The van der Waals surface area contributed by atoms with Crippen LogP contribution in [-0.2, 0) is 18.6 Å². The number of ether oxygens (including phenoxy) is 1. The maximum atomic E-state index is 12.6. The van der Waals surface area contributed by atoms with E-state index in [1.807, 2.05) is 0 Å². The van der Waals surface area contributed by atoms with E-state index in [0.29, 0.717) is 12.5 Å². The fourth-order valence-corrected chi connectivity index (χ4v) is 6.43. The summed E-state index contributed by atoms with van der Waals surface area (Å²) < 4.78 is 22.7. The molecule has 2 aliphatic heterocycles. The zero-order chi connectivity index (χ0) is 22.8. The molecule has 0 aromatic carbocycles. The first-order chi connectivity index (χ1) is 15.4. The lowest BCUT2D eigenvalue weighted by Crippen LogP contribution is -2.30. The summed E-state index contributed by atoms with van der Waals surface area (Å²) in [6, 6.07) is 2.06. The van der Waals surface area contributed by atoms with Crippen LogP contribution in [0.3, 0.4) is 0 Å². The van der Waals surface area contributed by atoms with Gasteiger partial charge in [-0.15, -0.1) is 0 Å². The van der Waals surface area contributed by atoms with Gasteiger partial charge in [-0.1, -0.05) is 40.0 Å². The maximum absolute atomic E-state index is 12.6. The van der Waals surface area contributed by atoms with Crippen LogP contribution in [0.5, 0.6) is 0 Å². The highest BCUT2D eigenvalue weighted by molar-refractivity contribution is 7.44. The molecule has 3 fully saturated rings. The molecule has 1 aromatic rings. The molecule has 32 heavy (non-hydrogen) atoms. The molecule has 178 valence electrons. The van der Waals surface area contributed by atoms with Gasteiger partial charge in [0.05, 0.1) is 18.3 Å². The number of hydrogen-bond donors (Lipinski definition) is 1. The normalized spacial score (nSPS) is 33.3. The number of rotatable bonds is 6. The summed E-state index contributed by atoms with van der Waals surface area (Å²) >= 11 is 0.